The minimum Gasteiger partial charge on any atom is -0.445 e. The molecule has 108 valence electrons. The number of carbonyl (C=O) groups is 1. The smallest absolute Gasteiger partial charge is 0.195 e. The second-order valence-electron chi connectivity index (χ2n) is 7.53. The van der Waals surface area contributed by atoms with Crippen molar-refractivity contribution in [3.63, 3.8) is 0 Å². The van der Waals surface area contributed by atoms with Gasteiger partial charge >= 0.3 is 0 Å². The lowest BCUT2D eigenvalue weighted by Gasteiger charge is -2.57. The van der Waals surface area contributed by atoms with Gasteiger partial charge in [0.05, 0.1) is 5.56 Å². The molecule has 5 rings (SSSR count). The predicted molar refractivity (Wildman–Crippen MR) is 77.7 cm³/mol. The van der Waals surface area contributed by atoms with Gasteiger partial charge in [0.25, 0.3) is 0 Å². The number of nitrogen functional groups attached to an aromatic ring is 1. The number of carbonyl (C=O) groups excluding carboxylic acids is 1. The van der Waals surface area contributed by atoms with E-state index in [1.165, 1.54) is 38.5 Å². The van der Waals surface area contributed by atoms with Gasteiger partial charge in [-0.25, -0.2) is 0 Å². The van der Waals surface area contributed by atoms with Crippen molar-refractivity contribution in [3.8, 4) is 0 Å². The van der Waals surface area contributed by atoms with Crippen molar-refractivity contribution in [1.82, 2.24) is 0 Å². The largest absolute Gasteiger partial charge is 0.445 e. The highest BCUT2D eigenvalue weighted by molar-refractivity contribution is 5.98. The van der Waals surface area contributed by atoms with E-state index in [0.29, 0.717) is 11.6 Å². The standard InChI is InChI=1S/C17H23NO2/c1-9(19)14-10(2)20-16(18)15(14)17-6-11-3-12(7-17)5-13(4-11)8-17/h11-13H,3-8,18H2,1-2H3. The van der Waals surface area contributed by atoms with Gasteiger partial charge in [-0.2, -0.15) is 0 Å². The van der Waals surface area contributed by atoms with Crippen LogP contribution in [0.5, 0.6) is 0 Å². The Labute approximate surface area is 119 Å². The number of rotatable bonds is 2. The molecule has 0 spiro atoms. The van der Waals surface area contributed by atoms with E-state index in [2.05, 4.69) is 0 Å². The van der Waals surface area contributed by atoms with Crippen molar-refractivity contribution >= 4 is 11.7 Å². The zero-order chi connectivity index (χ0) is 14.1. The zero-order valence-electron chi connectivity index (χ0n) is 12.4. The number of furan rings is 1. The molecular weight excluding hydrogens is 250 g/mol. The van der Waals surface area contributed by atoms with E-state index in [4.69, 9.17) is 10.2 Å². The molecule has 3 nitrogen and oxygen atoms in total. The molecule has 4 saturated carbocycles. The Morgan fingerprint density at radius 2 is 1.65 bits per heavy atom. The summed E-state index contributed by atoms with van der Waals surface area (Å²) in [4.78, 5) is 12.1. The minimum atomic E-state index is 0.105. The topological polar surface area (TPSA) is 56.2 Å². The highest BCUT2D eigenvalue weighted by Crippen LogP contribution is 2.62. The van der Waals surface area contributed by atoms with Crippen LogP contribution in [0.25, 0.3) is 0 Å². The second kappa shape index (κ2) is 3.90. The molecule has 2 N–H and O–H groups in total. The Bertz CT molecular complexity index is 549. The fourth-order valence-corrected chi connectivity index (χ4v) is 5.93. The van der Waals surface area contributed by atoms with Gasteiger partial charge in [0.15, 0.2) is 11.7 Å². The Hall–Kier alpha value is -1.25. The lowest BCUT2D eigenvalue weighted by Crippen LogP contribution is -2.49. The normalized spacial score (nSPS) is 38.4. The number of ketones is 1. The quantitative estimate of drug-likeness (QED) is 0.833. The van der Waals surface area contributed by atoms with E-state index >= 15 is 0 Å². The summed E-state index contributed by atoms with van der Waals surface area (Å²) in [7, 11) is 0. The van der Waals surface area contributed by atoms with E-state index in [9.17, 15) is 4.79 Å². The van der Waals surface area contributed by atoms with Crippen molar-refractivity contribution < 1.29 is 9.21 Å². The Balaban J connectivity index is 1.87. The van der Waals surface area contributed by atoms with Gasteiger partial charge in [-0.05, 0) is 70.1 Å². The first kappa shape index (κ1) is 12.5. The van der Waals surface area contributed by atoms with E-state index in [1.807, 2.05) is 6.92 Å². The molecule has 0 radical (unpaired) electrons. The average molecular weight is 273 g/mol. The zero-order valence-corrected chi connectivity index (χ0v) is 12.4. The molecule has 1 aromatic heterocycles. The van der Waals surface area contributed by atoms with Gasteiger partial charge < -0.3 is 10.2 Å². The summed E-state index contributed by atoms with van der Waals surface area (Å²) in [6.07, 6.45) is 7.82. The number of aryl methyl sites for hydroxylation is 1. The third-order valence-corrected chi connectivity index (χ3v) is 6.03. The highest BCUT2D eigenvalue weighted by atomic mass is 16.4. The fourth-order valence-electron chi connectivity index (χ4n) is 5.93. The first-order valence-corrected chi connectivity index (χ1v) is 7.89. The third-order valence-electron chi connectivity index (χ3n) is 6.03. The lowest BCUT2D eigenvalue weighted by molar-refractivity contribution is -0.00527. The van der Waals surface area contributed by atoms with Gasteiger partial charge in [0, 0.05) is 11.0 Å². The summed E-state index contributed by atoms with van der Waals surface area (Å²) in [6, 6.07) is 0. The van der Waals surface area contributed by atoms with Crippen LogP contribution in [-0.2, 0) is 5.41 Å². The van der Waals surface area contributed by atoms with Gasteiger partial charge in [-0.3, -0.25) is 4.79 Å². The van der Waals surface area contributed by atoms with Crippen LogP contribution in [0, 0.1) is 24.7 Å². The van der Waals surface area contributed by atoms with Crippen molar-refractivity contribution in [1.29, 1.82) is 0 Å². The van der Waals surface area contributed by atoms with Crippen LogP contribution in [0.4, 0.5) is 5.88 Å². The molecular formula is C17H23NO2. The monoisotopic (exact) mass is 273 g/mol. The molecule has 0 aliphatic heterocycles. The van der Waals surface area contributed by atoms with Crippen LogP contribution in [0.1, 0.15) is 67.1 Å². The van der Waals surface area contributed by atoms with Crippen molar-refractivity contribution in [3.05, 3.63) is 16.9 Å². The summed E-state index contributed by atoms with van der Waals surface area (Å²) in [5.41, 5.74) is 8.17. The maximum absolute atomic E-state index is 12.1. The van der Waals surface area contributed by atoms with Crippen LogP contribution in [-0.4, -0.2) is 5.78 Å². The maximum atomic E-state index is 12.1. The Morgan fingerprint density at radius 1 is 1.15 bits per heavy atom. The summed E-state index contributed by atoms with van der Waals surface area (Å²) in [6.45, 7) is 3.51. The van der Waals surface area contributed by atoms with Crippen molar-refractivity contribution in [2.75, 3.05) is 5.73 Å². The number of anilines is 1. The van der Waals surface area contributed by atoms with Crippen LogP contribution in [0.3, 0.4) is 0 Å². The summed E-state index contributed by atoms with van der Waals surface area (Å²) in [5.74, 6) is 3.85. The van der Waals surface area contributed by atoms with Crippen LogP contribution in [0.2, 0.25) is 0 Å². The molecule has 0 aromatic carbocycles. The minimum absolute atomic E-state index is 0.105. The molecule has 4 aliphatic rings. The molecule has 4 aliphatic carbocycles. The number of hydrogen-bond donors (Lipinski definition) is 1. The van der Waals surface area contributed by atoms with Crippen LogP contribution >= 0.6 is 0 Å². The van der Waals surface area contributed by atoms with Gasteiger partial charge in [-0.1, -0.05) is 0 Å². The van der Waals surface area contributed by atoms with E-state index in [0.717, 1.165) is 28.9 Å². The van der Waals surface area contributed by atoms with Gasteiger partial charge in [0.1, 0.15) is 5.76 Å². The first-order chi connectivity index (χ1) is 9.48. The predicted octanol–water partition coefficient (Wildman–Crippen LogP) is 3.84. The molecule has 4 bridgehead atoms. The van der Waals surface area contributed by atoms with E-state index in [1.54, 1.807) is 6.92 Å². The molecule has 0 saturated heterocycles. The first-order valence-electron chi connectivity index (χ1n) is 7.89. The highest BCUT2D eigenvalue weighted by Gasteiger charge is 2.54. The van der Waals surface area contributed by atoms with E-state index in [-0.39, 0.29) is 11.2 Å². The van der Waals surface area contributed by atoms with Crippen molar-refractivity contribution in [2.45, 2.75) is 57.8 Å². The molecule has 0 unspecified atom stereocenters. The van der Waals surface area contributed by atoms with Crippen LogP contribution in [0.15, 0.2) is 4.42 Å². The average Bonchev–Trinajstić information content (AvgIpc) is 2.63. The molecule has 3 heteroatoms. The second-order valence-corrected chi connectivity index (χ2v) is 7.53. The molecule has 4 fully saturated rings. The summed E-state index contributed by atoms with van der Waals surface area (Å²) in [5, 5.41) is 0. The molecule has 1 aromatic rings. The van der Waals surface area contributed by atoms with E-state index < -0.39 is 0 Å². The molecule has 20 heavy (non-hydrogen) atoms. The number of hydrogen-bond acceptors (Lipinski definition) is 3. The summed E-state index contributed by atoms with van der Waals surface area (Å²) < 4.78 is 5.65. The molecule has 0 atom stereocenters. The maximum Gasteiger partial charge on any atom is 0.195 e. The molecule has 1 heterocycles. The molecule has 0 amide bonds. The third kappa shape index (κ3) is 1.55. The summed E-state index contributed by atoms with van der Waals surface area (Å²) >= 11 is 0. The van der Waals surface area contributed by atoms with Gasteiger partial charge in [-0.15, -0.1) is 0 Å². The fraction of sp³-hybridized carbons (Fsp3) is 0.706. The Morgan fingerprint density at radius 3 is 2.10 bits per heavy atom. The lowest BCUT2D eigenvalue weighted by atomic mass is 9.47. The van der Waals surface area contributed by atoms with Crippen molar-refractivity contribution in [2.24, 2.45) is 17.8 Å². The van der Waals surface area contributed by atoms with Crippen LogP contribution < -0.4 is 5.73 Å². The van der Waals surface area contributed by atoms with Gasteiger partial charge in [0.2, 0.25) is 0 Å². The number of nitrogens with two attached hydrogens (primary N) is 1. The SMILES string of the molecule is CC(=O)c1c(C)oc(N)c1C12CC3CC(CC(C3)C1)C2. The Kier molecular flexibility index (Phi) is 2.43. The number of Topliss-reactive ketones (excluding diaryl/α,β-unsaturated/α-hetero) is 1.